The quantitative estimate of drug-likeness (QED) is 0.557. The maximum absolute atomic E-state index is 11.1. The molecule has 100 valence electrons. The van der Waals surface area contributed by atoms with E-state index in [4.69, 9.17) is 5.73 Å². The van der Waals surface area contributed by atoms with Crippen LogP contribution in [0.3, 0.4) is 0 Å². The summed E-state index contributed by atoms with van der Waals surface area (Å²) in [5, 5.41) is 19.0. The smallest absolute Gasteiger partial charge is 0.305 e. The number of ether oxygens (including phenoxy) is 1. The molecule has 0 aliphatic heterocycles. The first-order valence-electron chi connectivity index (χ1n) is 5.66. The molecule has 0 unspecified atom stereocenters. The summed E-state index contributed by atoms with van der Waals surface area (Å²) in [7, 11) is 1.32. The fraction of sp³-hybridized carbons (Fsp3) is 0.462. The van der Waals surface area contributed by atoms with E-state index in [0.29, 0.717) is 12.0 Å². The Morgan fingerprint density at radius 3 is 2.39 bits per heavy atom. The van der Waals surface area contributed by atoms with Crippen LogP contribution in [0.1, 0.15) is 31.4 Å². The number of phenolic OH excluding ortho intramolecular Hbond substituents is 2. The maximum atomic E-state index is 11.1. The highest BCUT2D eigenvalue weighted by molar-refractivity contribution is 5.69. The third-order valence-electron chi connectivity index (χ3n) is 2.72. The minimum absolute atomic E-state index is 0.198. The molecule has 0 fully saturated rings. The van der Waals surface area contributed by atoms with Crippen molar-refractivity contribution >= 4 is 5.97 Å². The van der Waals surface area contributed by atoms with Crippen LogP contribution in [-0.4, -0.2) is 23.3 Å². The van der Waals surface area contributed by atoms with Crippen molar-refractivity contribution in [3.05, 3.63) is 23.3 Å². The number of aryl methyl sites for hydroxylation is 1. The van der Waals surface area contributed by atoms with E-state index in [0.717, 1.165) is 5.56 Å². The lowest BCUT2D eigenvalue weighted by atomic mass is 9.88. The lowest BCUT2D eigenvalue weighted by Gasteiger charge is -2.23. The molecule has 0 atom stereocenters. The average molecular weight is 253 g/mol. The Morgan fingerprint density at radius 1 is 1.33 bits per heavy atom. The number of benzene rings is 1. The molecular formula is C13H19NO4. The van der Waals surface area contributed by atoms with Crippen LogP contribution in [0.4, 0.5) is 0 Å². The van der Waals surface area contributed by atoms with Crippen LogP contribution in [0.2, 0.25) is 0 Å². The molecule has 5 nitrogen and oxygen atoms in total. The van der Waals surface area contributed by atoms with Gasteiger partial charge in [-0.25, -0.2) is 0 Å². The normalized spacial score (nSPS) is 11.3. The van der Waals surface area contributed by atoms with E-state index in [2.05, 4.69) is 4.74 Å². The number of methoxy groups -OCH3 is 1. The van der Waals surface area contributed by atoms with Gasteiger partial charge in [0.2, 0.25) is 0 Å². The number of carbonyl (C=O) groups is 1. The van der Waals surface area contributed by atoms with Crippen molar-refractivity contribution in [2.75, 3.05) is 7.11 Å². The Bertz CT molecular complexity index is 449. The van der Waals surface area contributed by atoms with Gasteiger partial charge in [-0.2, -0.15) is 0 Å². The van der Waals surface area contributed by atoms with Crippen LogP contribution in [-0.2, 0) is 21.5 Å². The van der Waals surface area contributed by atoms with Gasteiger partial charge in [0.25, 0.3) is 0 Å². The van der Waals surface area contributed by atoms with Gasteiger partial charge in [-0.1, -0.05) is 0 Å². The largest absolute Gasteiger partial charge is 0.504 e. The molecule has 0 aliphatic carbocycles. The van der Waals surface area contributed by atoms with Gasteiger partial charge in [0, 0.05) is 12.0 Å². The van der Waals surface area contributed by atoms with Gasteiger partial charge < -0.3 is 20.7 Å². The Labute approximate surface area is 106 Å². The first-order valence-corrected chi connectivity index (χ1v) is 5.66. The number of rotatable bonds is 4. The van der Waals surface area contributed by atoms with Crippen LogP contribution >= 0.6 is 0 Å². The minimum atomic E-state index is -0.670. The highest BCUT2D eigenvalue weighted by Gasteiger charge is 2.21. The van der Waals surface area contributed by atoms with Crippen molar-refractivity contribution in [3.8, 4) is 11.5 Å². The molecule has 1 aromatic rings. The lowest BCUT2D eigenvalue weighted by Crippen LogP contribution is -2.30. The Hall–Kier alpha value is -1.75. The SMILES string of the molecule is COC(=O)CCc1cc(O)c(O)cc1C(C)(C)N. The molecule has 18 heavy (non-hydrogen) atoms. The number of phenols is 2. The van der Waals surface area contributed by atoms with Crippen LogP contribution in [0, 0.1) is 0 Å². The molecule has 0 bridgehead atoms. The van der Waals surface area contributed by atoms with E-state index in [9.17, 15) is 15.0 Å². The monoisotopic (exact) mass is 253 g/mol. The van der Waals surface area contributed by atoms with Gasteiger partial charge in [-0.05, 0) is 43.5 Å². The highest BCUT2D eigenvalue weighted by Crippen LogP contribution is 2.33. The lowest BCUT2D eigenvalue weighted by molar-refractivity contribution is -0.140. The molecule has 0 saturated heterocycles. The van der Waals surface area contributed by atoms with Crippen LogP contribution in [0.25, 0.3) is 0 Å². The molecule has 1 rings (SSSR count). The third kappa shape index (κ3) is 3.37. The molecular weight excluding hydrogens is 234 g/mol. The zero-order chi connectivity index (χ0) is 13.9. The first kappa shape index (κ1) is 14.3. The topological polar surface area (TPSA) is 92.8 Å². The molecule has 4 N–H and O–H groups in total. The third-order valence-corrected chi connectivity index (χ3v) is 2.72. The average Bonchev–Trinajstić information content (AvgIpc) is 2.28. The van der Waals surface area contributed by atoms with E-state index < -0.39 is 5.54 Å². The number of esters is 1. The summed E-state index contributed by atoms with van der Waals surface area (Å²) in [5.41, 5.74) is 6.76. The van der Waals surface area contributed by atoms with Gasteiger partial charge in [-0.3, -0.25) is 4.79 Å². The molecule has 5 heteroatoms. The number of carbonyl (C=O) groups excluding carboxylic acids is 1. The zero-order valence-corrected chi connectivity index (χ0v) is 10.9. The van der Waals surface area contributed by atoms with E-state index in [1.807, 2.05) is 0 Å². The molecule has 0 aromatic heterocycles. The Kier molecular flexibility index (Phi) is 4.19. The van der Waals surface area contributed by atoms with Gasteiger partial charge in [-0.15, -0.1) is 0 Å². The van der Waals surface area contributed by atoms with Gasteiger partial charge in [0.1, 0.15) is 0 Å². The second kappa shape index (κ2) is 5.27. The van der Waals surface area contributed by atoms with Crippen molar-refractivity contribution in [3.63, 3.8) is 0 Å². The van der Waals surface area contributed by atoms with Crippen LogP contribution in [0.15, 0.2) is 12.1 Å². The predicted molar refractivity (Wildman–Crippen MR) is 67.3 cm³/mol. The summed E-state index contributed by atoms with van der Waals surface area (Å²) in [5.74, 6) is -0.767. The molecule has 0 aliphatic rings. The zero-order valence-electron chi connectivity index (χ0n) is 10.9. The minimum Gasteiger partial charge on any atom is -0.504 e. The standard InChI is InChI=1S/C13H19NO4/c1-13(2,14)9-7-11(16)10(15)6-8(9)4-5-12(17)18-3/h6-7,15-16H,4-5,14H2,1-3H3. The van der Waals surface area contributed by atoms with Crippen LogP contribution < -0.4 is 5.73 Å². The number of hydrogen-bond acceptors (Lipinski definition) is 5. The van der Waals surface area contributed by atoms with Crippen molar-refractivity contribution in [1.29, 1.82) is 0 Å². The van der Waals surface area contributed by atoms with Crippen molar-refractivity contribution < 1.29 is 19.7 Å². The first-order chi connectivity index (χ1) is 8.25. The van der Waals surface area contributed by atoms with E-state index in [1.165, 1.54) is 19.2 Å². The van der Waals surface area contributed by atoms with Crippen LogP contribution in [0.5, 0.6) is 11.5 Å². The Morgan fingerprint density at radius 2 is 1.89 bits per heavy atom. The summed E-state index contributed by atoms with van der Waals surface area (Å²) in [6, 6.07) is 2.87. The molecule has 1 aromatic carbocycles. The van der Waals surface area contributed by atoms with E-state index in [1.54, 1.807) is 13.8 Å². The molecule has 0 radical (unpaired) electrons. The highest BCUT2D eigenvalue weighted by atomic mass is 16.5. The fourth-order valence-electron chi connectivity index (χ4n) is 1.77. The number of aromatic hydroxyl groups is 2. The fourth-order valence-corrected chi connectivity index (χ4v) is 1.77. The predicted octanol–water partition coefficient (Wildman–Crippen LogP) is 1.40. The Balaban J connectivity index is 3.08. The number of hydrogen-bond donors (Lipinski definition) is 3. The summed E-state index contributed by atoms with van der Waals surface area (Å²) in [4.78, 5) is 11.1. The maximum Gasteiger partial charge on any atom is 0.305 e. The van der Waals surface area contributed by atoms with Gasteiger partial charge in [0.15, 0.2) is 11.5 Å². The summed E-state index contributed by atoms with van der Waals surface area (Å²) in [6.45, 7) is 3.58. The van der Waals surface area contributed by atoms with E-state index >= 15 is 0 Å². The van der Waals surface area contributed by atoms with Crippen molar-refractivity contribution in [2.45, 2.75) is 32.2 Å². The van der Waals surface area contributed by atoms with Crippen molar-refractivity contribution in [1.82, 2.24) is 0 Å². The molecule has 0 heterocycles. The molecule has 0 spiro atoms. The summed E-state index contributed by atoms with van der Waals surface area (Å²) < 4.78 is 4.57. The van der Waals surface area contributed by atoms with Gasteiger partial charge >= 0.3 is 5.97 Å². The second-order valence-corrected chi connectivity index (χ2v) is 4.80. The number of nitrogens with two attached hydrogens (primary N) is 1. The molecule has 0 amide bonds. The van der Waals surface area contributed by atoms with Gasteiger partial charge in [0.05, 0.1) is 7.11 Å². The molecule has 0 saturated carbocycles. The van der Waals surface area contributed by atoms with Crippen molar-refractivity contribution in [2.24, 2.45) is 5.73 Å². The second-order valence-electron chi connectivity index (χ2n) is 4.80. The summed E-state index contributed by atoms with van der Waals surface area (Å²) in [6.07, 6.45) is 0.597. The summed E-state index contributed by atoms with van der Waals surface area (Å²) >= 11 is 0. The van der Waals surface area contributed by atoms with E-state index in [-0.39, 0.29) is 23.9 Å².